The fourth-order valence-electron chi connectivity index (χ4n) is 1.37. The summed E-state index contributed by atoms with van der Waals surface area (Å²) >= 11 is 0. The Morgan fingerprint density at radius 3 is 1.74 bits per heavy atom. The van der Waals surface area contributed by atoms with Crippen molar-refractivity contribution in [3.05, 3.63) is 49.1 Å². The van der Waals surface area contributed by atoms with E-state index in [2.05, 4.69) is 56.8 Å². The number of aromatic nitrogens is 2. The summed E-state index contributed by atoms with van der Waals surface area (Å²) in [7, 11) is 3.25. The average molecular weight is 545 g/mol. The van der Waals surface area contributed by atoms with Gasteiger partial charge >= 0.3 is 0 Å². The number of hydrogen-bond donors (Lipinski definition) is 0. The Hall–Kier alpha value is 1.56. The molecule has 0 saturated carbocycles. The minimum Gasteiger partial charge on any atom is -0.549 e. The zero-order valence-electron chi connectivity index (χ0n) is 14.3. The molecule has 0 aliphatic heterocycles. The third-order valence-corrected chi connectivity index (χ3v) is 2.58. The van der Waals surface area contributed by atoms with Crippen molar-refractivity contribution in [3.8, 4) is 0 Å². The summed E-state index contributed by atoms with van der Waals surface area (Å²) < 4.78 is 14.4. The number of rotatable bonds is 4. The summed E-state index contributed by atoms with van der Waals surface area (Å²) in [6.45, 7) is 12.2. The van der Waals surface area contributed by atoms with Crippen LogP contribution in [0.2, 0.25) is 0 Å². The van der Waals surface area contributed by atoms with Crippen LogP contribution in [0.15, 0.2) is 21.2 Å². The van der Waals surface area contributed by atoms with Gasteiger partial charge in [-0.2, -0.15) is 0 Å². The van der Waals surface area contributed by atoms with Gasteiger partial charge in [-0.25, -0.2) is 14.0 Å². The first kappa shape index (κ1) is 29.3. The Labute approximate surface area is 214 Å². The van der Waals surface area contributed by atoms with Crippen LogP contribution in [0.3, 0.4) is 0 Å². The van der Waals surface area contributed by atoms with E-state index in [1.165, 1.54) is 0 Å². The molecule has 23 heavy (non-hydrogen) atoms. The molecule has 2 heterocycles. The summed E-state index contributed by atoms with van der Waals surface area (Å²) in [5, 5.41) is 7.63. The van der Waals surface area contributed by atoms with Gasteiger partial charge in [0.25, 0.3) is 0 Å². The van der Waals surface area contributed by atoms with Crippen LogP contribution in [-0.4, -0.2) is 10.3 Å². The number of ether oxygens (including phenoxy) is 1. The minimum absolute atomic E-state index is 0. The van der Waals surface area contributed by atoms with Crippen molar-refractivity contribution in [3.63, 3.8) is 0 Å². The molecule has 0 fully saturated rings. The zero-order valence-corrected chi connectivity index (χ0v) is 22.8. The normalized spacial score (nSPS) is 9.35. The van der Waals surface area contributed by atoms with E-state index in [1.54, 1.807) is 0 Å². The standard InChI is InChI=1S/C8H12NO2.C7H10NO.3Y/c1-6(2)8-4-7(5-10-3)11-9-8;1-5(2)7-4-6(3)9-8-7;;;/h4,6H,3,5H2,1-2H3;4-5H,3H2,1-2H3;;;/q2*-1;;;. The van der Waals surface area contributed by atoms with Gasteiger partial charge in [0, 0.05) is 110 Å². The van der Waals surface area contributed by atoms with E-state index in [0.717, 1.165) is 17.1 Å². The molecule has 5 nitrogen and oxygen atoms in total. The molecule has 0 aromatic carbocycles. The van der Waals surface area contributed by atoms with Crippen molar-refractivity contribution in [2.24, 2.45) is 0 Å². The van der Waals surface area contributed by atoms with Crippen LogP contribution in [0.25, 0.3) is 0 Å². The molecule has 0 bridgehead atoms. The molecule has 0 aliphatic rings. The van der Waals surface area contributed by atoms with Gasteiger partial charge in [-0.1, -0.05) is 32.9 Å². The Bertz CT molecular complexity index is 514. The van der Waals surface area contributed by atoms with Gasteiger partial charge in [-0.15, -0.1) is 11.2 Å². The van der Waals surface area contributed by atoms with Gasteiger partial charge in [0.2, 0.25) is 0 Å². The third kappa shape index (κ3) is 11.7. The minimum atomic E-state index is 0. The van der Waals surface area contributed by atoms with Crippen molar-refractivity contribution in [2.45, 2.75) is 46.1 Å². The summed E-state index contributed by atoms with van der Waals surface area (Å²) in [4.78, 5) is 0. The molecule has 2 aromatic heterocycles. The van der Waals surface area contributed by atoms with Gasteiger partial charge in [0.05, 0.1) is 12.3 Å². The van der Waals surface area contributed by atoms with Crippen molar-refractivity contribution in [1.29, 1.82) is 0 Å². The van der Waals surface area contributed by atoms with E-state index in [-0.39, 0.29) is 98.1 Å². The topological polar surface area (TPSA) is 61.3 Å². The molecule has 0 atom stereocenters. The van der Waals surface area contributed by atoms with Gasteiger partial charge in [-0.05, 0) is 17.6 Å². The maximum absolute atomic E-state index is 4.95. The van der Waals surface area contributed by atoms with E-state index in [9.17, 15) is 0 Å². The molecule has 0 spiro atoms. The van der Waals surface area contributed by atoms with Crippen LogP contribution in [0, 0.1) is 14.0 Å². The molecule has 2 aromatic rings. The molecule has 8 heteroatoms. The number of nitrogens with zero attached hydrogens (tertiary/aromatic N) is 2. The van der Waals surface area contributed by atoms with Crippen molar-refractivity contribution < 1.29 is 112 Å². The molecule has 2 rings (SSSR count). The molecule has 3 radical (unpaired) electrons. The second kappa shape index (κ2) is 15.8. The Balaban J connectivity index is -0.000000312. The van der Waals surface area contributed by atoms with E-state index in [0.29, 0.717) is 24.2 Å². The second-order valence-electron chi connectivity index (χ2n) is 5.09. The van der Waals surface area contributed by atoms with Crippen molar-refractivity contribution >= 4 is 0 Å². The smallest absolute Gasteiger partial charge is 0.159 e. The molecular weight excluding hydrogens is 523 g/mol. The van der Waals surface area contributed by atoms with Crippen LogP contribution < -0.4 is 0 Å². The van der Waals surface area contributed by atoms with E-state index >= 15 is 0 Å². The van der Waals surface area contributed by atoms with Crippen LogP contribution in [0.1, 0.15) is 62.4 Å². The molecule has 0 saturated heterocycles. The fraction of sp³-hybridized carbons (Fsp3) is 0.467. The predicted molar refractivity (Wildman–Crippen MR) is 75.8 cm³/mol. The van der Waals surface area contributed by atoms with Gasteiger partial charge in [-0.3, -0.25) is 0 Å². The molecule has 121 valence electrons. The van der Waals surface area contributed by atoms with Crippen LogP contribution in [0.4, 0.5) is 0 Å². The molecule has 0 unspecified atom stereocenters. The van der Waals surface area contributed by atoms with Crippen molar-refractivity contribution in [2.75, 3.05) is 0 Å². The molecular formula is C15H22N2O3Y3-2. The summed E-state index contributed by atoms with van der Waals surface area (Å²) in [6, 6.07) is 3.74. The Morgan fingerprint density at radius 2 is 1.43 bits per heavy atom. The molecule has 0 amide bonds. The quantitative estimate of drug-likeness (QED) is 0.543. The molecule has 0 N–H and O–H groups in total. The third-order valence-electron chi connectivity index (χ3n) is 2.58. The molecule has 0 aliphatic carbocycles. The van der Waals surface area contributed by atoms with Gasteiger partial charge in [0.1, 0.15) is 0 Å². The Kier molecular flexibility index (Phi) is 20.1. The van der Waals surface area contributed by atoms with E-state index in [1.807, 2.05) is 12.1 Å². The summed E-state index contributed by atoms with van der Waals surface area (Å²) in [5.41, 5.74) is 1.93. The van der Waals surface area contributed by atoms with Crippen LogP contribution in [-0.2, 0) is 109 Å². The van der Waals surface area contributed by atoms with E-state index in [4.69, 9.17) is 9.05 Å². The SMILES string of the molecule is [CH2-]OCc1cc(C(C)C)no1.[CH2-]c1cc(C(C)C)no1.[Y].[Y].[Y]. The maximum atomic E-state index is 4.95. The zero-order chi connectivity index (χ0) is 15.1. The average Bonchev–Trinajstić information content (AvgIpc) is 2.99. The van der Waals surface area contributed by atoms with Gasteiger partial charge in [0.15, 0.2) is 5.76 Å². The van der Waals surface area contributed by atoms with Crippen LogP contribution in [0.5, 0.6) is 0 Å². The first-order valence-corrected chi connectivity index (χ1v) is 6.55. The fourth-order valence-corrected chi connectivity index (χ4v) is 1.37. The van der Waals surface area contributed by atoms with E-state index < -0.39 is 0 Å². The van der Waals surface area contributed by atoms with Crippen LogP contribution >= 0.6 is 0 Å². The predicted octanol–water partition coefficient (Wildman–Crippen LogP) is 4.08. The van der Waals surface area contributed by atoms with Crippen molar-refractivity contribution in [1.82, 2.24) is 10.3 Å². The first-order chi connectivity index (χ1) is 9.43. The second-order valence-corrected chi connectivity index (χ2v) is 5.09. The maximum Gasteiger partial charge on any atom is 0.159 e. The summed E-state index contributed by atoms with van der Waals surface area (Å²) in [5.74, 6) is 2.20. The Morgan fingerprint density at radius 1 is 0.957 bits per heavy atom. The number of hydrogen-bond acceptors (Lipinski definition) is 5. The van der Waals surface area contributed by atoms with Gasteiger partial charge < -0.3 is 13.8 Å². The first-order valence-electron chi connectivity index (χ1n) is 6.55. The largest absolute Gasteiger partial charge is 0.549 e. The monoisotopic (exact) mass is 545 g/mol. The summed E-state index contributed by atoms with van der Waals surface area (Å²) in [6.07, 6.45) is 0.